The van der Waals surface area contributed by atoms with Crippen LogP contribution >= 0.6 is 0 Å². The molecular formula is C22H24N2O6S. The number of anilines is 1. The Morgan fingerprint density at radius 1 is 1.10 bits per heavy atom. The van der Waals surface area contributed by atoms with Crippen LogP contribution in [0.3, 0.4) is 0 Å². The summed E-state index contributed by atoms with van der Waals surface area (Å²) in [6, 6.07) is 9.73. The third kappa shape index (κ3) is 4.67. The molecule has 4 rings (SSSR count). The van der Waals surface area contributed by atoms with Gasteiger partial charge in [-0.05, 0) is 60.9 Å². The molecule has 2 aliphatic rings. The number of carbonyl (C=O) groups excluding carboxylic acids is 1. The van der Waals surface area contributed by atoms with Crippen LogP contribution in [-0.4, -0.2) is 52.0 Å². The van der Waals surface area contributed by atoms with Gasteiger partial charge in [0.25, 0.3) is 0 Å². The number of hydrogen-bond donors (Lipinski definition) is 1. The number of carbonyl (C=O) groups is 1. The zero-order valence-corrected chi connectivity index (χ0v) is 18.0. The highest BCUT2D eigenvalue weighted by atomic mass is 32.2. The molecule has 0 aliphatic carbocycles. The minimum Gasteiger partial charge on any atom is -0.493 e. The molecule has 0 aromatic heterocycles. The molecular weight excluding hydrogens is 420 g/mol. The quantitative estimate of drug-likeness (QED) is 0.689. The molecule has 8 nitrogen and oxygen atoms in total. The molecule has 2 aliphatic heterocycles. The van der Waals surface area contributed by atoms with Gasteiger partial charge in [-0.25, -0.2) is 8.42 Å². The molecule has 0 atom stereocenters. The largest absolute Gasteiger partial charge is 0.493 e. The van der Waals surface area contributed by atoms with Crippen molar-refractivity contribution in [3.63, 3.8) is 0 Å². The van der Waals surface area contributed by atoms with E-state index in [4.69, 9.17) is 14.2 Å². The molecule has 31 heavy (non-hydrogen) atoms. The molecule has 2 heterocycles. The van der Waals surface area contributed by atoms with E-state index in [1.54, 1.807) is 37.5 Å². The molecule has 1 amide bonds. The van der Waals surface area contributed by atoms with Crippen LogP contribution in [0.5, 0.6) is 17.2 Å². The minimum atomic E-state index is -3.47. The van der Waals surface area contributed by atoms with Crippen LogP contribution in [0.2, 0.25) is 0 Å². The van der Waals surface area contributed by atoms with E-state index < -0.39 is 10.0 Å². The number of fused-ring (bicyclic) bond motifs is 1. The van der Waals surface area contributed by atoms with Crippen molar-refractivity contribution in [3.05, 3.63) is 48.0 Å². The Kier molecular flexibility index (Phi) is 6.15. The fourth-order valence-electron chi connectivity index (χ4n) is 3.53. The Morgan fingerprint density at radius 2 is 1.81 bits per heavy atom. The summed E-state index contributed by atoms with van der Waals surface area (Å²) >= 11 is 0. The monoisotopic (exact) mass is 444 g/mol. The minimum absolute atomic E-state index is 0.228. The van der Waals surface area contributed by atoms with E-state index in [-0.39, 0.29) is 10.8 Å². The van der Waals surface area contributed by atoms with E-state index in [2.05, 4.69) is 5.32 Å². The average molecular weight is 445 g/mol. The van der Waals surface area contributed by atoms with Crippen LogP contribution in [0.4, 0.5) is 5.69 Å². The summed E-state index contributed by atoms with van der Waals surface area (Å²) in [5, 5.41) is 2.73. The Balaban J connectivity index is 1.42. The predicted molar refractivity (Wildman–Crippen MR) is 116 cm³/mol. The van der Waals surface area contributed by atoms with Crippen molar-refractivity contribution in [2.45, 2.75) is 17.7 Å². The SMILES string of the molecule is COc1cc(/C=C/C(=O)Nc2ccc(S(=O)(=O)N3CCCC3)cc2)cc2c1OCCO2. The average Bonchev–Trinajstić information content (AvgIpc) is 3.33. The highest BCUT2D eigenvalue weighted by Gasteiger charge is 2.26. The van der Waals surface area contributed by atoms with E-state index in [1.807, 2.05) is 0 Å². The first-order chi connectivity index (χ1) is 15.0. The number of methoxy groups -OCH3 is 1. The molecule has 1 fully saturated rings. The summed E-state index contributed by atoms with van der Waals surface area (Å²) in [5.41, 5.74) is 1.23. The molecule has 9 heteroatoms. The molecule has 2 aromatic carbocycles. The molecule has 1 saturated heterocycles. The molecule has 0 radical (unpaired) electrons. The normalized spacial score (nSPS) is 16.4. The van der Waals surface area contributed by atoms with Crippen LogP contribution < -0.4 is 19.5 Å². The Morgan fingerprint density at radius 3 is 2.52 bits per heavy atom. The number of benzene rings is 2. The highest BCUT2D eigenvalue weighted by molar-refractivity contribution is 7.89. The number of hydrogen-bond acceptors (Lipinski definition) is 6. The first-order valence-corrected chi connectivity index (χ1v) is 11.5. The van der Waals surface area contributed by atoms with Gasteiger partial charge >= 0.3 is 0 Å². The maximum absolute atomic E-state index is 12.6. The zero-order chi connectivity index (χ0) is 21.8. The molecule has 1 N–H and O–H groups in total. The van der Waals surface area contributed by atoms with Crippen LogP contribution in [0, 0.1) is 0 Å². The van der Waals surface area contributed by atoms with Crippen LogP contribution in [0.25, 0.3) is 6.08 Å². The Hall–Kier alpha value is -3.04. The van der Waals surface area contributed by atoms with E-state index in [0.29, 0.717) is 49.2 Å². The smallest absolute Gasteiger partial charge is 0.248 e. The van der Waals surface area contributed by atoms with Gasteiger partial charge in [0, 0.05) is 24.9 Å². The van der Waals surface area contributed by atoms with Crippen LogP contribution in [0.15, 0.2) is 47.4 Å². The molecule has 164 valence electrons. The Bertz CT molecular complexity index is 1070. The van der Waals surface area contributed by atoms with Crippen LogP contribution in [-0.2, 0) is 14.8 Å². The lowest BCUT2D eigenvalue weighted by Crippen LogP contribution is -2.27. The molecule has 0 unspecified atom stereocenters. The second-order valence-corrected chi connectivity index (χ2v) is 9.14. The second-order valence-electron chi connectivity index (χ2n) is 7.21. The van der Waals surface area contributed by atoms with Gasteiger partial charge in [-0.15, -0.1) is 0 Å². The number of nitrogens with zero attached hydrogens (tertiary/aromatic N) is 1. The van der Waals surface area contributed by atoms with E-state index in [1.165, 1.54) is 22.5 Å². The van der Waals surface area contributed by atoms with Crippen molar-refractivity contribution in [1.82, 2.24) is 4.31 Å². The van der Waals surface area contributed by atoms with Crippen molar-refractivity contribution in [1.29, 1.82) is 0 Å². The first kappa shape index (κ1) is 21.2. The van der Waals surface area contributed by atoms with Crippen molar-refractivity contribution < 1.29 is 27.4 Å². The van der Waals surface area contributed by atoms with Crippen LogP contribution in [0.1, 0.15) is 18.4 Å². The Labute approximate surface area is 181 Å². The third-order valence-corrected chi connectivity index (χ3v) is 7.02. The van der Waals surface area contributed by atoms with E-state index in [9.17, 15) is 13.2 Å². The molecule has 0 spiro atoms. The van der Waals surface area contributed by atoms with Gasteiger partial charge in [0.2, 0.25) is 21.7 Å². The van der Waals surface area contributed by atoms with Crippen molar-refractivity contribution in [3.8, 4) is 17.2 Å². The lowest BCUT2D eigenvalue weighted by atomic mass is 10.1. The van der Waals surface area contributed by atoms with E-state index >= 15 is 0 Å². The van der Waals surface area contributed by atoms with Crippen molar-refractivity contribution >= 4 is 27.7 Å². The molecule has 0 saturated carbocycles. The second kappa shape index (κ2) is 8.99. The van der Waals surface area contributed by atoms with Crippen molar-refractivity contribution in [2.24, 2.45) is 0 Å². The summed E-state index contributed by atoms with van der Waals surface area (Å²) in [5.74, 6) is 1.32. The van der Waals surface area contributed by atoms with E-state index in [0.717, 1.165) is 18.4 Å². The van der Waals surface area contributed by atoms with Gasteiger partial charge in [-0.3, -0.25) is 4.79 Å². The van der Waals surface area contributed by atoms with Gasteiger partial charge in [0.15, 0.2) is 11.5 Å². The summed E-state index contributed by atoms with van der Waals surface area (Å²) in [6.07, 6.45) is 4.80. The number of amides is 1. The van der Waals surface area contributed by atoms with Gasteiger partial charge < -0.3 is 19.5 Å². The zero-order valence-electron chi connectivity index (χ0n) is 17.2. The summed E-state index contributed by atoms with van der Waals surface area (Å²) in [7, 11) is -1.93. The lowest BCUT2D eigenvalue weighted by Gasteiger charge is -2.20. The predicted octanol–water partition coefficient (Wildman–Crippen LogP) is 2.90. The fraction of sp³-hybridized carbons (Fsp3) is 0.318. The molecule has 2 aromatic rings. The van der Waals surface area contributed by atoms with Crippen molar-refractivity contribution in [2.75, 3.05) is 38.7 Å². The van der Waals surface area contributed by atoms with Gasteiger partial charge in [0.05, 0.1) is 12.0 Å². The summed E-state index contributed by atoms with van der Waals surface area (Å²) in [4.78, 5) is 12.5. The summed E-state index contributed by atoms with van der Waals surface area (Å²) < 4.78 is 43.2. The number of ether oxygens (including phenoxy) is 3. The van der Waals surface area contributed by atoms with Gasteiger partial charge in [-0.1, -0.05) is 0 Å². The topological polar surface area (TPSA) is 94.2 Å². The number of sulfonamides is 1. The van der Waals surface area contributed by atoms with Gasteiger partial charge in [-0.2, -0.15) is 4.31 Å². The third-order valence-electron chi connectivity index (χ3n) is 5.10. The fourth-order valence-corrected chi connectivity index (χ4v) is 5.05. The maximum atomic E-state index is 12.6. The number of rotatable bonds is 6. The summed E-state index contributed by atoms with van der Waals surface area (Å²) in [6.45, 7) is 2.01. The standard InChI is InChI=1S/C22H24N2O6S/c1-28-19-14-16(15-20-22(19)30-13-12-29-20)4-9-21(25)23-17-5-7-18(8-6-17)31(26,27)24-10-2-3-11-24/h4-9,14-15H,2-3,10-13H2,1H3,(H,23,25)/b9-4+. The first-order valence-electron chi connectivity index (χ1n) is 10.0. The lowest BCUT2D eigenvalue weighted by molar-refractivity contribution is -0.111. The highest BCUT2D eigenvalue weighted by Crippen LogP contribution is 2.40. The maximum Gasteiger partial charge on any atom is 0.248 e. The number of nitrogens with one attached hydrogen (secondary N) is 1. The van der Waals surface area contributed by atoms with Gasteiger partial charge in [0.1, 0.15) is 13.2 Å². The molecule has 0 bridgehead atoms.